The van der Waals surface area contributed by atoms with Crippen molar-refractivity contribution in [1.29, 1.82) is 0 Å². The number of aliphatic hydroxyl groups excluding tert-OH is 1. The molecule has 0 saturated heterocycles. The Morgan fingerprint density at radius 2 is 2.04 bits per heavy atom. The van der Waals surface area contributed by atoms with Crippen LogP contribution in [-0.2, 0) is 4.79 Å². The first kappa shape index (κ1) is 17.0. The van der Waals surface area contributed by atoms with E-state index in [9.17, 15) is 9.90 Å². The summed E-state index contributed by atoms with van der Waals surface area (Å²) in [6.07, 6.45) is 7.98. The first-order valence-electron chi connectivity index (χ1n) is 7.58. The van der Waals surface area contributed by atoms with Gasteiger partial charge in [0.2, 0.25) is 5.91 Å². The molecule has 5 heteroatoms. The van der Waals surface area contributed by atoms with E-state index in [-0.39, 0.29) is 17.9 Å². The van der Waals surface area contributed by atoms with Gasteiger partial charge in [0.1, 0.15) is 0 Å². The second-order valence-corrected chi connectivity index (χ2v) is 6.52. The van der Waals surface area contributed by atoms with Crippen molar-refractivity contribution in [2.24, 2.45) is 5.41 Å². The van der Waals surface area contributed by atoms with E-state index in [1.54, 1.807) is 18.6 Å². The number of hydrogen-bond donors (Lipinski definition) is 2. The minimum Gasteiger partial charge on any atom is -0.391 e. The third-order valence-corrected chi connectivity index (χ3v) is 3.59. The van der Waals surface area contributed by atoms with E-state index in [0.29, 0.717) is 0 Å². The van der Waals surface area contributed by atoms with Gasteiger partial charge in [-0.05, 0) is 29.2 Å². The maximum atomic E-state index is 11.8. The largest absolute Gasteiger partial charge is 0.391 e. The van der Waals surface area contributed by atoms with Gasteiger partial charge in [-0.15, -0.1) is 0 Å². The Bertz CT molecular complexity index is 653. The number of hydrogen-bond acceptors (Lipinski definition) is 3. The van der Waals surface area contributed by atoms with Gasteiger partial charge in [-0.2, -0.15) is 0 Å². The third-order valence-electron chi connectivity index (χ3n) is 3.59. The van der Waals surface area contributed by atoms with Gasteiger partial charge in [0.25, 0.3) is 0 Å². The van der Waals surface area contributed by atoms with Crippen LogP contribution < -0.4 is 5.32 Å². The number of nitrogens with one attached hydrogen (secondary N) is 1. The van der Waals surface area contributed by atoms with Crippen LogP contribution in [0.4, 0.5) is 0 Å². The van der Waals surface area contributed by atoms with Crippen LogP contribution in [0.25, 0.3) is 11.8 Å². The zero-order valence-corrected chi connectivity index (χ0v) is 13.7. The van der Waals surface area contributed by atoms with E-state index in [0.717, 1.165) is 11.3 Å². The highest BCUT2D eigenvalue weighted by Crippen LogP contribution is 2.18. The molecule has 1 heterocycles. The van der Waals surface area contributed by atoms with E-state index >= 15 is 0 Å². The van der Waals surface area contributed by atoms with Crippen molar-refractivity contribution in [2.45, 2.75) is 26.9 Å². The van der Waals surface area contributed by atoms with Crippen LogP contribution in [0.2, 0.25) is 0 Å². The minimum absolute atomic E-state index is 0.216. The monoisotopic (exact) mass is 313 g/mol. The number of aliphatic hydroxyl groups is 1. The molecule has 2 N–H and O–H groups in total. The van der Waals surface area contributed by atoms with Gasteiger partial charge in [-0.1, -0.05) is 32.9 Å². The van der Waals surface area contributed by atoms with Crippen LogP contribution in [0, 0.1) is 5.41 Å². The molecule has 1 unspecified atom stereocenters. The van der Waals surface area contributed by atoms with Gasteiger partial charge in [-0.3, -0.25) is 4.79 Å². The SMILES string of the molecule is CC(C)(C)C(O)CNC(=O)/C=C/c1ccc(-n2ccnc2)cc1. The maximum absolute atomic E-state index is 11.8. The lowest BCUT2D eigenvalue weighted by atomic mass is 9.89. The predicted molar refractivity (Wildman–Crippen MR) is 91.1 cm³/mol. The van der Waals surface area contributed by atoms with Crippen molar-refractivity contribution in [3.63, 3.8) is 0 Å². The number of imidazole rings is 1. The molecule has 23 heavy (non-hydrogen) atoms. The zero-order valence-electron chi connectivity index (χ0n) is 13.7. The number of carbonyl (C=O) groups excluding carboxylic acids is 1. The predicted octanol–water partition coefficient (Wildman–Crippen LogP) is 2.41. The third kappa shape index (κ3) is 5.07. The molecule has 122 valence electrons. The molecule has 0 fully saturated rings. The van der Waals surface area contributed by atoms with Crippen molar-refractivity contribution < 1.29 is 9.90 Å². The smallest absolute Gasteiger partial charge is 0.244 e. The van der Waals surface area contributed by atoms with Gasteiger partial charge >= 0.3 is 0 Å². The Kier molecular flexibility index (Phi) is 5.34. The van der Waals surface area contributed by atoms with Crippen LogP contribution in [0.5, 0.6) is 0 Å². The van der Waals surface area contributed by atoms with Crippen LogP contribution >= 0.6 is 0 Å². The van der Waals surface area contributed by atoms with Crippen molar-refractivity contribution in [3.05, 3.63) is 54.6 Å². The van der Waals surface area contributed by atoms with Gasteiger partial charge < -0.3 is 15.0 Å². The quantitative estimate of drug-likeness (QED) is 0.833. The van der Waals surface area contributed by atoms with E-state index < -0.39 is 6.10 Å². The minimum atomic E-state index is -0.575. The van der Waals surface area contributed by atoms with Gasteiger partial charge in [0.15, 0.2) is 0 Å². The highest BCUT2D eigenvalue weighted by molar-refractivity contribution is 5.91. The highest BCUT2D eigenvalue weighted by atomic mass is 16.3. The second kappa shape index (κ2) is 7.24. The van der Waals surface area contributed by atoms with E-state index in [1.807, 2.05) is 55.8 Å². The highest BCUT2D eigenvalue weighted by Gasteiger charge is 2.21. The van der Waals surface area contributed by atoms with Gasteiger partial charge in [0, 0.05) is 30.7 Å². The van der Waals surface area contributed by atoms with Crippen molar-refractivity contribution >= 4 is 12.0 Å². The number of amides is 1. The lowest BCUT2D eigenvalue weighted by Gasteiger charge is -2.25. The summed E-state index contributed by atoms with van der Waals surface area (Å²) in [4.78, 5) is 15.8. The summed E-state index contributed by atoms with van der Waals surface area (Å²) in [5.41, 5.74) is 1.69. The van der Waals surface area contributed by atoms with Gasteiger partial charge in [-0.25, -0.2) is 4.98 Å². The number of aromatic nitrogens is 2. The first-order chi connectivity index (χ1) is 10.9. The summed E-state index contributed by atoms with van der Waals surface area (Å²) in [5.74, 6) is -0.216. The molecule has 5 nitrogen and oxygen atoms in total. The Morgan fingerprint density at radius 3 is 2.61 bits per heavy atom. The Morgan fingerprint density at radius 1 is 1.35 bits per heavy atom. The van der Waals surface area contributed by atoms with Crippen molar-refractivity contribution in [3.8, 4) is 5.69 Å². The average Bonchev–Trinajstić information content (AvgIpc) is 3.04. The van der Waals surface area contributed by atoms with E-state index in [1.165, 1.54) is 6.08 Å². The molecule has 0 bridgehead atoms. The summed E-state index contributed by atoms with van der Waals surface area (Å²) in [7, 11) is 0. The van der Waals surface area contributed by atoms with E-state index in [4.69, 9.17) is 0 Å². The lowest BCUT2D eigenvalue weighted by Crippen LogP contribution is -2.38. The Hall–Kier alpha value is -2.40. The van der Waals surface area contributed by atoms with E-state index in [2.05, 4.69) is 10.3 Å². The first-order valence-corrected chi connectivity index (χ1v) is 7.58. The van der Waals surface area contributed by atoms with Crippen LogP contribution in [0.15, 0.2) is 49.1 Å². The molecule has 1 atom stereocenters. The molecule has 0 spiro atoms. The van der Waals surface area contributed by atoms with Crippen molar-refractivity contribution in [1.82, 2.24) is 14.9 Å². The zero-order chi connectivity index (χ0) is 16.9. The molecular formula is C18H23N3O2. The van der Waals surface area contributed by atoms with Crippen LogP contribution in [0.1, 0.15) is 26.3 Å². The molecule has 1 amide bonds. The maximum Gasteiger partial charge on any atom is 0.244 e. The number of benzene rings is 1. The molecular weight excluding hydrogens is 290 g/mol. The fraction of sp³-hybridized carbons (Fsp3) is 0.333. The average molecular weight is 313 g/mol. The number of rotatable bonds is 5. The van der Waals surface area contributed by atoms with Gasteiger partial charge in [0.05, 0.1) is 12.4 Å². The standard InChI is InChI=1S/C18H23N3O2/c1-18(2,3)16(22)12-20-17(23)9-6-14-4-7-15(8-5-14)21-11-10-19-13-21/h4-11,13,16,22H,12H2,1-3H3,(H,20,23)/b9-6+. The Labute approximate surface area is 136 Å². The summed E-state index contributed by atoms with van der Waals surface area (Å²) in [6.45, 7) is 6.04. The summed E-state index contributed by atoms with van der Waals surface area (Å²) >= 11 is 0. The van der Waals surface area contributed by atoms with Crippen molar-refractivity contribution in [2.75, 3.05) is 6.54 Å². The fourth-order valence-corrected chi connectivity index (χ4v) is 1.90. The molecule has 2 rings (SSSR count). The normalized spacial score (nSPS) is 13.2. The lowest BCUT2D eigenvalue weighted by molar-refractivity contribution is -0.117. The van der Waals surface area contributed by atoms with Crippen LogP contribution in [-0.4, -0.2) is 33.2 Å². The second-order valence-electron chi connectivity index (χ2n) is 6.52. The van der Waals surface area contributed by atoms with Crippen LogP contribution in [0.3, 0.4) is 0 Å². The molecule has 2 aromatic rings. The molecule has 0 aliphatic rings. The molecule has 0 saturated carbocycles. The molecule has 0 radical (unpaired) electrons. The summed E-state index contributed by atoms with van der Waals surface area (Å²) < 4.78 is 1.91. The molecule has 1 aromatic carbocycles. The number of nitrogens with zero attached hydrogens (tertiary/aromatic N) is 2. The Balaban J connectivity index is 1.89. The topological polar surface area (TPSA) is 67.2 Å². The fourth-order valence-electron chi connectivity index (χ4n) is 1.90. The number of carbonyl (C=O) groups is 1. The molecule has 0 aliphatic carbocycles. The molecule has 1 aromatic heterocycles. The summed E-state index contributed by atoms with van der Waals surface area (Å²) in [6, 6.07) is 7.79. The molecule has 0 aliphatic heterocycles. The summed E-state index contributed by atoms with van der Waals surface area (Å²) in [5, 5.41) is 12.6.